The Kier molecular flexibility index (Phi) is 4.80. The van der Waals surface area contributed by atoms with Crippen LogP contribution in [0, 0.1) is 0 Å². The second kappa shape index (κ2) is 5.09. The molecule has 0 amide bonds. The molecular weight excluding hydrogens is 150 g/mol. The molecule has 66 valence electrons. The molecule has 0 aromatic carbocycles. The van der Waals surface area contributed by atoms with Gasteiger partial charge in [0, 0.05) is 0 Å². The average molecular weight is 163 g/mol. The van der Waals surface area contributed by atoms with Gasteiger partial charge in [0.1, 0.15) is 18.3 Å². The zero-order valence-corrected chi connectivity index (χ0v) is 5.96. The van der Waals surface area contributed by atoms with E-state index in [0.29, 0.717) is 0 Å². The maximum Gasteiger partial charge on any atom is 0.112 e. The van der Waals surface area contributed by atoms with Crippen LogP contribution in [0.2, 0.25) is 0 Å². The molecule has 3 atom stereocenters. The van der Waals surface area contributed by atoms with Crippen molar-refractivity contribution in [1.29, 1.82) is 0 Å². The molecule has 5 nitrogen and oxygen atoms in total. The Morgan fingerprint density at radius 3 is 2.18 bits per heavy atom. The van der Waals surface area contributed by atoms with Crippen LogP contribution in [0.4, 0.5) is 0 Å². The highest BCUT2D eigenvalue weighted by atomic mass is 16.4. The monoisotopic (exact) mass is 163 g/mol. The molecule has 0 aliphatic heterocycles. The Labute approximate surface area is 64.4 Å². The summed E-state index contributed by atoms with van der Waals surface area (Å²) < 4.78 is 0. The molecule has 0 unspecified atom stereocenters. The van der Waals surface area contributed by atoms with Gasteiger partial charge in [-0.25, -0.2) is 0 Å². The maximum absolute atomic E-state index is 8.95. The summed E-state index contributed by atoms with van der Waals surface area (Å²) in [6, 6.07) is 0. The van der Waals surface area contributed by atoms with Gasteiger partial charge in [-0.15, -0.1) is 0 Å². The summed E-state index contributed by atoms with van der Waals surface area (Å²) in [6.45, 7) is -0.601. The lowest BCUT2D eigenvalue weighted by Crippen LogP contribution is -2.38. The third-order valence-corrected chi connectivity index (χ3v) is 1.24. The molecule has 6 N–H and O–H groups in total. The number of aliphatic hydroxyl groups is 4. The lowest BCUT2D eigenvalue weighted by Gasteiger charge is -2.18. The van der Waals surface area contributed by atoms with Crippen LogP contribution in [-0.2, 0) is 0 Å². The van der Waals surface area contributed by atoms with Crippen LogP contribution in [-0.4, -0.2) is 45.3 Å². The maximum atomic E-state index is 8.95. The number of rotatable bonds is 4. The van der Waals surface area contributed by atoms with E-state index >= 15 is 0 Å². The van der Waals surface area contributed by atoms with Crippen LogP contribution in [0.25, 0.3) is 0 Å². The molecule has 0 radical (unpaired) electrons. The summed E-state index contributed by atoms with van der Waals surface area (Å²) in [5, 5.41) is 35.0. The summed E-state index contributed by atoms with van der Waals surface area (Å²) in [4.78, 5) is 0. The van der Waals surface area contributed by atoms with Crippen molar-refractivity contribution in [2.24, 2.45) is 5.73 Å². The molecule has 0 saturated carbocycles. The van der Waals surface area contributed by atoms with E-state index in [1.54, 1.807) is 0 Å². The predicted molar refractivity (Wildman–Crippen MR) is 38.4 cm³/mol. The van der Waals surface area contributed by atoms with Gasteiger partial charge in [0.15, 0.2) is 0 Å². The second-order valence-corrected chi connectivity index (χ2v) is 2.12. The highest BCUT2D eigenvalue weighted by molar-refractivity contribution is 4.91. The van der Waals surface area contributed by atoms with Crippen molar-refractivity contribution in [2.45, 2.75) is 18.3 Å². The molecule has 0 rings (SSSR count). The number of hydrogen-bond acceptors (Lipinski definition) is 5. The van der Waals surface area contributed by atoms with Crippen molar-refractivity contribution in [3.63, 3.8) is 0 Å². The van der Waals surface area contributed by atoms with Crippen molar-refractivity contribution in [2.75, 3.05) is 6.61 Å². The van der Waals surface area contributed by atoms with Crippen molar-refractivity contribution in [3.05, 3.63) is 12.3 Å². The van der Waals surface area contributed by atoms with E-state index in [1.165, 1.54) is 0 Å². The van der Waals surface area contributed by atoms with E-state index in [2.05, 4.69) is 0 Å². The first-order valence-electron chi connectivity index (χ1n) is 3.17. The Balaban J connectivity index is 3.90. The minimum atomic E-state index is -1.40. The molecule has 0 aliphatic carbocycles. The predicted octanol–water partition coefficient (Wildman–Crippen LogP) is -2.47. The zero-order chi connectivity index (χ0) is 8.85. The third-order valence-electron chi connectivity index (χ3n) is 1.24. The van der Waals surface area contributed by atoms with Crippen LogP contribution in [0.1, 0.15) is 0 Å². The van der Waals surface area contributed by atoms with Crippen LogP contribution < -0.4 is 5.73 Å². The first-order valence-corrected chi connectivity index (χ1v) is 3.17. The summed E-state index contributed by atoms with van der Waals surface area (Å²) in [6.07, 6.45) is -1.83. The fourth-order valence-corrected chi connectivity index (χ4v) is 0.563. The average Bonchev–Trinajstić information content (AvgIpc) is 2.02. The third kappa shape index (κ3) is 3.33. The fourth-order valence-electron chi connectivity index (χ4n) is 0.563. The van der Waals surface area contributed by atoms with Crippen LogP contribution in [0.3, 0.4) is 0 Å². The Morgan fingerprint density at radius 2 is 1.82 bits per heavy atom. The molecule has 0 aromatic heterocycles. The van der Waals surface area contributed by atoms with Crippen molar-refractivity contribution >= 4 is 0 Å². The molecule has 5 heteroatoms. The fraction of sp³-hybridized carbons (Fsp3) is 0.667. The molecule has 0 heterocycles. The summed E-state index contributed by atoms with van der Waals surface area (Å²) >= 11 is 0. The van der Waals surface area contributed by atoms with E-state index in [0.717, 1.165) is 12.3 Å². The van der Waals surface area contributed by atoms with Crippen molar-refractivity contribution < 1.29 is 20.4 Å². The standard InChI is InChI=1S/C6H13NO4/c7-2-1-4(9)6(11)5(10)3-8/h1-2,4-6,8-11H,3,7H2/t4-,5+,6-/m0/s1. The van der Waals surface area contributed by atoms with Gasteiger partial charge in [-0.2, -0.15) is 0 Å². The van der Waals surface area contributed by atoms with E-state index in [1.807, 2.05) is 0 Å². The SMILES string of the molecule is NC=C[C@H](O)[C@H](O)[C@H](O)CO. The Bertz CT molecular complexity index is 128. The highest BCUT2D eigenvalue weighted by Gasteiger charge is 2.21. The summed E-state index contributed by atoms with van der Waals surface area (Å²) in [5.74, 6) is 0. The van der Waals surface area contributed by atoms with Gasteiger partial charge >= 0.3 is 0 Å². The molecule has 0 aromatic rings. The second-order valence-electron chi connectivity index (χ2n) is 2.12. The number of aliphatic hydroxyl groups excluding tert-OH is 4. The lowest BCUT2D eigenvalue weighted by molar-refractivity contribution is -0.0611. The molecule has 0 fully saturated rings. The first kappa shape index (κ1) is 10.4. The highest BCUT2D eigenvalue weighted by Crippen LogP contribution is 2.00. The number of hydrogen-bond donors (Lipinski definition) is 5. The summed E-state index contributed by atoms with van der Waals surface area (Å²) in [7, 11) is 0. The summed E-state index contributed by atoms with van der Waals surface area (Å²) in [5.41, 5.74) is 4.91. The van der Waals surface area contributed by atoms with Gasteiger partial charge in [0.25, 0.3) is 0 Å². The van der Waals surface area contributed by atoms with E-state index in [9.17, 15) is 0 Å². The van der Waals surface area contributed by atoms with Crippen molar-refractivity contribution in [3.8, 4) is 0 Å². The van der Waals surface area contributed by atoms with Gasteiger partial charge in [0.05, 0.1) is 6.61 Å². The Hall–Kier alpha value is -0.620. The topological polar surface area (TPSA) is 107 Å². The largest absolute Gasteiger partial charge is 0.405 e. The van der Waals surface area contributed by atoms with E-state index in [4.69, 9.17) is 26.2 Å². The van der Waals surface area contributed by atoms with Crippen molar-refractivity contribution in [1.82, 2.24) is 0 Å². The van der Waals surface area contributed by atoms with E-state index in [-0.39, 0.29) is 0 Å². The van der Waals surface area contributed by atoms with Gasteiger partial charge in [-0.3, -0.25) is 0 Å². The molecule has 0 spiro atoms. The van der Waals surface area contributed by atoms with Gasteiger partial charge in [0.2, 0.25) is 0 Å². The van der Waals surface area contributed by atoms with Gasteiger partial charge in [-0.1, -0.05) is 0 Å². The molecular formula is C6H13NO4. The normalized spacial score (nSPS) is 20.0. The van der Waals surface area contributed by atoms with Gasteiger partial charge < -0.3 is 26.2 Å². The first-order chi connectivity index (χ1) is 5.13. The van der Waals surface area contributed by atoms with Crippen LogP contribution >= 0.6 is 0 Å². The van der Waals surface area contributed by atoms with Gasteiger partial charge in [-0.05, 0) is 12.3 Å². The lowest BCUT2D eigenvalue weighted by atomic mass is 10.1. The minimum absolute atomic E-state index is 0.601. The zero-order valence-electron chi connectivity index (χ0n) is 5.96. The smallest absolute Gasteiger partial charge is 0.112 e. The molecule has 0 aliphatic rings. The number of nitrogens with two attached hydrogens (primary N) is 1. The van der Waals surface area contributed by atoms with Crippen LogP contribution in [0.5, 0.6) is 0 Å². The van der Waals surface area contributed by atoms with E-state index < -0.39 is 24.9 Å². The molecule has 0 bridgehead atoms. The van der Waals surface area contributed by atoms with Crippen LogP contribution in [0.15, 0.2) is 12.3 Å². The molecule has 0 saturated heterocycles. The Morgan fingerprint density at radius 1 is 1.27 bits per heavy atom. The quantitative estimate of drug-likeness (QED) is 0.316. The molecule has 11 heavy (non-hydrogen) atoms. The minimum Gasteiger partial charge on any atom is -0.405 e.